The van der Waals surface area contributed by atoms with Crippen LogP contribution in [-0.4, -0.2) is 23.9 Å². The number of nitrogens with zero attached hydrogens (tertiary/aromatic N) is 1. The highest BCUT2D eigenvalue weighted by molar-refractivity contribution is 5.99. The molecule has 0 atom stereocenters. The van der Waals surface area contributed by atoms with E-state index in [1.165, 1.54) is 12.8 Å². The zero-order chi connectivity index (χ0) is 13.1. The molecular formula is C15H22N2O. The Morgan fingerprint density at radius 3 is 2.78 bits per heavy atom. The van der Waals surface area contributed by atoms with E-state index in [9.17, 15) is 4.79 Å². The molecule has 0 bridgehead atoms. The fourth-order valence-electron chi connectivity index (χ4n) is 2.18. The van der Waals surface area contributed by atoms with Crippen LogP contribution in [0.15, 0.2) is 18.2 Å². The van der Waals surface area contributed by atoms with Gasteiger partial charge in [-0.15, -0.1) is 0 Å². The molecule has 0 saturated heterocycles. The molecule has 0 spiro atoms. The van der Waals surface area contributed by atoms with E-state index in [2.05, 4.69) is 6.92 Å². The van der Waals surface area contributed by atoms with Crippen molar-refractivity contribution in [2.24, 2.45) is 5.92 Å². The molecule has 1 aliphatic carbocycles. The van der Waals surface area contributed by atoms with Gasteiger partial charge in [0.25, 0.3) is 5.91 Å². The largest absolute Gasteiger partial charge is 0.398 e. The number of carbonyl (C=O) groups excluding carboxylic acids is 1. The van der Waals surface area contributed by atoms with Gasteiger partial charge in [0, 0.05) is 18.8 Å². The zero-order valence-corrected chi connectivity index (χ0v) is 11.3. The number of rotatable bonds is 5. The SMILES string of the molecule is CCCN(CC1CC1)C(=O)c1cc(C)ccc1N. The van der Waals surface area contributed by atoms with Crippen molar-refractivity contribution in [3.05, 3.63) is 29.3 Å². The highest BCUT2D eigenvalue weighted by atomic mass is 16.2. The second-order valence-corrected chi connectivity index (χ2v) is 5.29. The Labute approximate surface area is 109 Å². The molecule has 0 heterocycles. The van der Waals surface area contributed by atoms with Crippen LogP contribution in [0, 0.1) is 12.8 Å². The monoisotopic (exact) mass is 246 g/mol. The zero-order valence-electron chi connectivity index (χ0n) is 11.3. The molecule has 0 unspecified atom stereocenters. The number of anilines is 1. The molecule has 0 aliphatic heterocycles. The van der Waals surface area contributed by atoms with Crippen molar-refractivity contribution in [1.29, 1.82) is 0 Å². The predicted octanol–water partition coefficient (Wildman–Crippen LogP) is 2.84. The van der Waals surface area contributed by atoms with Gasteiger partial charge >= 0.3 is 0 Å². The van der Waals surface area contributed by atoms with Crippen LogP contribution in [0.4, 0.5) is 5.69 Å². The third-order valence-electron chi connectivity index (χ3n) is 3.40. The summed E-state index contributed by atoms with van der Waals surface area (Å²) in [5, 5.41) is 0. The van der Waals surface area contributed by atoms with Crippen LogP contribution in [0.1, 0.15) is 42.1 Å². The van der Waals surface area contributed by atoms with Gasteiger partial charge in [-0.2, -0.15) is 0 Å². The van der Waals surface area contributed by atoms with Crippen LogP contribution in [-0.2, 0) is 0 Å². The maximum atomic E-state index is 12.5. The van der Waals surface area contributed by atoms with Gasteiger partial charge < -0.3 is 10.6 Å². The topological polar surface area (TPSA) is 46.3 Å². The first-order chi connectivity index (χ1) is 8.61. The number of amides is 1. The van der Waals surface area contributed by atoms with Gasteiger partial charge in [-0.3, -0.25) is 4.79 Å². The molecule has 2 N–H and O–H groups in total. The Balaban J connectivity index is 2.17. The number of nitrogen functional groups attached to an aromatic ring is 1. The van der Waals surface area contributed by atoms with Gasteiger partial charge in [-0.05, 0) is 44.2 Å². The van der Waals surface area contributed by atoms with Gasteiger partial charge in [0.1, 0.15) is 0 Å². The second kappa shape index (κ2) is 5.42. The van der Waals surface area contributed by atoms with Gasteiger partial charge in [-0.25, -0.2) is 0 Å². The molecule has 0 aromatic heterocycles. The molecule has 98 valence electrons. The number of hydrogen-bond acceptors (Lipinski definition) is 2. The first-order valence-corrected chi connectivity index (χ1v) is 6.77. The van der Waals surface area contributed by atoms with Crippen molar-refractivity contribution in [2.45, 2.75) is 33.1 Å². The van der Waals surface area contributed by atoms with Gasteiger partial charge in [-0.1, -0.05) is 18.6 Å². The molecule has 1 aliphatic rings. The lowest BCUT2D eigenvalue weighted by Gasteiger charge is -2.23. The van der Waals surface area contributed by atoms with Crippen LogP contribution in [0.2, 0.25) is 0 Å². The van der Waals surface area contributed by atoms with Crippen molar-refractivity contribution >= 4 is 11.6 Å². The number of carbonyl (C=O) groups is 1. The van der Waals surface area contributed by atoms with Crippen LogP contribution < -0.4 is 5.73 Å². The van der Waals surface area contributed by atoms with Crippen LogP contribution >= 0.6 is 0 Å². The Hall–Kier alpha value is -1.51. The van der Waals surface area contributed by atoms with Crippen molar-refractivity contribution in [2.75, 3.05) is 18.8 Å². The molecule has 0 radical (unpaired) electrons. The fourth-order valence-corrected chi connectivity index (χ4v) is 2.18. The normalized spacial score (nSPS) is 14.6. The van der Waals surface area contributed by atoms with Crippen molar-refractivity contribution in [3.8, 4) is 0 Å². The number of benzene rings is 1. The average molecular weight is 246 g/mol. The summed E-state index contributed by atoms with van der Waals surface area (Å²) in [6.07, 6.45) is 3.51. The highest BCUT2D eigenvalue weighted by Crippen LogP contribution is 2.30. The molecule has 3 heteroatoms. The van der Waals surface area contributed by atoms with E-state index in [1.54, 1.807) is 0 Å². The van der Waals surface area contributed by atoms with Gasteiger partial charge in [0.2, 0.25) is 0 Å². The Morgan fingerprint density at radius 1 is 1.44 bits per heavy atom. The van der Waals surface area contributed by atoms with E-state index < -0.39 is 0 Å². The standard InChI is InChI=1S/C15H22N2O/c1-3-8-17(10-12-5-6-12)15(18)13-9-11(2)4-7-14(13)16/h4,7,9,12H,3,5-6,8,10,16H2,1-2H3. The third kappa shape index (κ3) is 3.03. The van der Waals surface area contributed by atoms with Crippen LogP contribution in [0.25, 0.3) is 0 Å². The summed E-state index contributed by atoms with van der Waals surface area (Å²) in [5.74, 6) is 0.802. The summed E-state index contributed by atoms with van der Waals surface area (Å²) in [5.41, 5.74) is 8.24. The minimum Gasteiger partial charge on any atom is -0.398 e. The molecule has 1 aromatic carbocycles. The summed E-state index contributed by atoms with van der Waals surface area (Å²) in [7, 11) is 0. The van der Waals surface area contributed by atoms with E-state index in [-0.39, 0.29) is 5.91 Å². The predicted molar refractivity (Wildman–Crippen MR) is 74.5 cm³/mol. The number of nitrogens with two attached hydrogens (primary N) is 1. The molecule has 1 amide bonds. The quantitative estimate of drug-likeness (QED) is 0.812. The fraction of sp³-hybridized carbons (Fsp3) is 0.533. The first kappa shape index (κ1) is 12.9. The Kier molecular flexibility index (Phi) is 3.90. The van der Waals surface area contributed by atoms with Gasteiger partial charge in [0.15, 0.2) is 0 Å². The lowest BCUT2D eigenvalue weighted by Crippen LogP contribution is -2.34. The summed E-state index contributed by atoms with van der Waals surface area (Å²) >= 11 is 0. The van der Waals surface area contributed by atoms with E-state index in [4.69, 9.17) is 5.73 Å². The van der Waals surface area contributed by atoms with E-state index in [1.807, 2.05) is 30.0 Å². The van der Waals surface area contributed by atoms with Crippen LogP contribution in [0.5, 0.6) is 0 Å². The summed E-state index contributed by atoms with van der Waals surface area (Å²) in [4.78, 5) is 14.5. The first-order valence-electron chi connectivity index (χ1n) is 6.77. The molecular weight excluding hydrogens is 224 g/mol. The lowest BCUT2D eigenvalue weighted by molar-refractivity contribution is 0.0748. The molecule has 1 fully saturated rings. The molecule has 1 aromatic rings. The van der Waals surface area contributed by atoms with Crippen molar-refractivity contribution < 1.29 is 4.79 Å². The van der Waals surface area contributed by atoms with E-state index >= 15 is 0 Å². The second-order valence-electron chi connectivity index (χ2n) is 5.29. The third-order valence-corrected chi connectivity index (χ3v) is 3.40. The molecule has 2 rings (SSSR count). The van der Waals surface area contributed by atoms with E-state index in [0.717, 1.165) is 25.1 Å². The summed E-state index contributed by atoms with van der Waals surface area (Å²) < 4.78 is 0. The van der Waals surface area contributed by atoms with Crippen LogP contribution in [0.3, 0.4) is 0 Å². The lowest BCUT2D eigenvalue weighted by atomic mass is 10.1. The minimum atomic E-state index is 0.0879. The van der Waals surface area contributed by atoms with Gasteiger partial charge in [0.05, 0.1) is 5.56 Å². The maximum absolute atomic E-state index is 12.5. The molecule has 3 nitrogen and oxygen atoms in total. The van der Waals surface area contributed by atoms with E-state index in [0.29, 0.717) is 17.2 Å². The Morgan fingerprint density at radius 2 is 2.17 bits per heavy atom. The minimum absolute atomic E-state index is 0.0879. The number of hydrogen-bond donors (Lipinski definition) is 1. The maximum Gasteiger partial charge on any atom is 0.255 e. The summed E-state index contributed by atoms with van der Waals surface area (Å²) in [6.45, 7) is 5.80. The smallest absolute Gasteiger partial charge is 0.255 e. The van der Waals surface area contributed by atoms with Crippen molar-refractivity contribution in [1.82, 2.24) is 4.90 Å². The highest BCUT2D eigenvalue weighted by Gasteiger charge is 2.27. The Bertz CT molecular complexity index is 438. The number of aryl methyl sites for hydroxylation is 1. The molecule has 1 saturated carbocycles. The molecule has 18 heavy (non-hydrogen) atoms. The summed E-state index contributed by atoms with van der Waals surface area (Å²) in [6, 6.07) is 5.66. The van der Waals surface area contributed by atoms with Crippen molar-refractivity contribution in [3.63, 3.8) is 0 Å². The average Bonchev–Trinajstić information content (AvgIpc) is 3.15.